The molecule has 0 amide bonds. The van der Waals surface area contributed by atoms with Gasteiger partial charge in [-0.3, -0.25) is 4.79 Å². The van der Waals surface area contributed by atoms with Crippen LogP contribution in [-0.2, 0) is 6.54 Å². The van der Waals surface area contributed by atoms with Crippen LogP contribution < -0.4 is 0 Å². The van der Waals surface area contributed by atoms with Crippen LogP contribution in [0.3, 0.4) is 0 Å². The third-order valence-corrected chi connectivity index (χ3v) is 2.64. The van der Waals surface area contributed by atoms with Crippen molar-refractivity contribution in [2.24, 2.45) is 0 Å². The van der Waals surface area contributed by atoms with Gasteiger partial charge in [-0.25, -0.2) is 4.98 Å². The Morgan fingerprint density at radius 1 is 1.47 bits per heavy atom. The average Bonchev–Trinajstić information content (AvgIpc) is 2.94. The molecular formula is C13H16N2O2. The van der Waals surface area contributed by atoms with Crippen molar-refractivity contribution >= 4 is 5.78 Å². The van der Waals surface area contributed by atoms with Crippen LogP contribution in [0.2, 0.25) is 0 Å². The van der Waals surface area contributed by atoms with Crippen LogP contribution in [0.1, 0.15) is 41.9 Å². The van der Waals surface area contributed by atoms with E-state index in [4.69, 9.17) is 4.42 Å². The molecule has 0 aliphatic carbocycles. The molecule has 4 heteroatoms. The van der Waals surface area contributed by atoms with Gasteiger partial charge in [0.25, 0.3) is 5.78 Å². The molecule has 17 heavy (non-hydrogen) atoms. The Morgan fingerprint density at radius 3 is 2.94 bits per heavy atom. The number of unbranched alkanes of at least 4 members (excludes halogenated alkanes) is 1. The number of aryl methyl sites for hydroxylation is 2. The molecule has 0 aliphatic heterocycles. The summed E-state index contributed by atoms with van der Waals surface area (Å²) in [5.41, 5.74) is 0. The van der Waals surface area contributed by atoms with Crippen LogP contribution in [0.4, 0.5) is 0 Å². The van der Waals surface area contributed by atoms with Gasteiger partial charge in [0.05, 0.1) is 0 Å². The summed E-state index contributed by atoms with van der Waals surface area (Å²) in [6, 6.07) is 3.48. The minimum absolute atomic E-state index is 0.154. The van der Waals surface area contributed by atoms with Gasteiger partial charge in [-0.2, -0.15) is 0 Å². The molecule has 90 valence electrons. The number of furan rings is 1. The van der Waals surface area contributed by atoms with E-state index in [-0.39, 0.29) is 5.78 Å². The van der Waals surface area contributed by atoms with Crippen LogP contribution in [-0.4, -0.2) is 15.3 Å². The summed E-state index contributed by atoms with van der Waals surface area (Å²) in [5.74, 6) is 1.39. The maximum atomic E-state index is 12.1. The second-order valence-corrected chi connectivity index (χ2v) is 4.04. The topological polar surface area (TPSA) is 48.0 Å². The Bertz CT molecular complexity index is 511. The zero-order valence-electron chi connectivity index (χ0n) is 10.1. The molecule has 0 N–H and O–H groups in total. The lowest BCUT2D eigenvalue weighted by Gasteiger charge is -2.04. The van der Waals surface area contributed by atoms with Crippen LogP contribution in [0.15, 0.2) is 28.9 Å². The quantitative estimate of drug-likeness (QED) is 0.745. The Kier molecular flexibility index (Phi) is 3.42. The van der Waals surface area contributed by atoms with Crippen LogP contribution in [0.25, 0.3) is 0 Å². The number of aromatic nitrogens is 2. The van der Waals surface area contributed by atoms with E-state index in [0.717, 1.165) is 25.1 Å². The highest BCUT2D eigenvalue weighted by Crippen LogP contribution is 2.12. The Labute approximate surface area is 100 Å². The van der Waals surface area contributed by atoms with E-state index >= 15 is 0 Å². The van der Waals surface area contributed by atoms with Crippen molar-refractivity contribution in [1.82, 2.24) is 9.55 Å². The Hall–Kier alpha value is -1.84. The maximum Gasteiger partial charge on any atom is 0.263 e. The van der Waals surface area contributed by atoms with E-state index in [2.05, 4.69) is 11.9 Å². The highest BCUT2D eigenvalue weighted by atomic mass is 16.3. The van der Waals surface area contributed by atoms with Gasteiger partial charge in [-0.1, -0.05) is 13.3 Å². The lowest BCUT2D eigenvalue weighted by Crippen LogP contribution is -2.10. The first kappa shape index (κ1) is 11.6. The molecule has 0 radical (unpaired) electrons. The third-order valence-electron chi connectivity index (χ3n) is 2.64. The summed E-state index contributed by atoms with van der Waals surface area (Å²) >= 11 is 0. The van der Waals surface area contributed by atoms with Crippen molar-refractivity contribution in [2.45, 2.75) is 33.2 Å². The Morgan fingerprint density at radius 2 is 2.29 bits per heavy atom. The standard InChI is InChI=1S/C13H16N2O2/c1-3-4-8-15-9-7-14-13(15)12(16)11-6-5-10(2)17-11/h5-7,9H,3-4,8H2,1-2H3. The predicted octanol–water partition coefficient (Wildman–Crippen LogP) is 2.82. The van der Waals surface area contributed by atoms with Crippen molar-refractivity contribution in [3.8, 4) is 0 Å². The van der Waals surface area contributed by atoms with Crippen molar-refractivity contribution in [3.63, 3.8) is 0 Å². The molecule has 0 saturated carbocycles. The number of nitrogens with zero attached hydrogens (tertiary/aromatic N) is 2. The summed E-state index contributed by atoms with van der Waals surface area (Å²) < 4.78 is 7.20. The van der Waals surface area contributed by atoms with Crippen molar-refractivity contribution in [2.75, 3.05) is 0 Å². The molecule has 0 unspecified atom stereocenters. The number of imidazole rings is 1. The number of ketones is 1. The van der Waals surface area contributed by atoms with Gasteiger partial charge in [0.15, 0.2) is 11.6 Å². The molecule has 0 spiro atoms. The summed E-state index contributed by atoms with van der Waals surface area (Å²) in [4.78, 5) is 16.2. The van der Waals surface area contributed by atoms with E-state index < -0.39 is 0 Å². The van der Waals surface area contributed by atoms with E-state index in [1.165, 1.54) is 0 Å². The van der Waals surface area contributed by atoms with Crippen LogP contribution in [0, 0.1) is 6.92 Å². The zero-order valence-corrected chi connectivity index (χ0v) is 10.1. The van der Waals surface area contributed by atoms with E-state index in [1.807, 2.05) is 17.7 Å². The van der Waals surface area contributed by atoms with Gasteiger partial charge in [0.1, 0.15) is 5.76 Å². The van der Waals surface area contributed by atoms with Crippen LogP contribution >= 0.6 is 0 Å². The fourth-order valence-electron chi connectivity index (χ4n) is 1.69. The number of carbonyl (C=O) groups excluding carboxylic acids is 1. The predicted molar refractivity (Wildman–Crippen MR) is 64.0 cm³/mol. The molecule has 0 aromatic carbocycles. The SMILES string of the molecule is CCCCn1ccnc1C(=O)c1ccc(C)o1. The molecule has 0 aliphatic rings. The van der Waals surface area contributed by atoms with Crippen molar-refractivity contribution in [3.05, 3.63) is 41.9 Å². The molecule has 2 heterocycles. The second-order valence-electron chi connectivity index (χ2n) is 4.04. The molecule has 2 rings (SSSR count). The summed E-state index contributed by atoms with van der Waals surface area (Å²) in [7, 11) is 0. The van der Waals surface area contributed by atoms with Gasteiger partial charge in [0.2, 0.25) is 0 Å². The average molecular weight is 232 g/mol. The molecular weight excluding hydrogens is 216 g/mol. The molecule has 2 aromatic rings. The summed E-state index contributed by atoms with van der Waals surface area (Å²) in [5, 5.41) is 0. The number of hydrogen-bond acceptors (Lipinski definition) is 3. The fourth-order valence-corrected chi connectivity index (χ4v) is 1.69. The smallest absolute Gasteiger partial charge is 0.263 e. The molecule has 0 fully saturated rings. The molecule has 2 aromatic heterocycles. The second kappa shape index (κ2) is 4.99. The maximum absolute atomic E-state index is 12.1. The Balaban J connectivity index is 2.22. The molecule has 0 saturated heterocycles. The number of rotatable bonds is 5. The van der Waals surface area contributed by atoms with E-state index in [9.17, 15) is 4.79 Å². The highest BCUT2D eigenvalue weighted by molar-refractivity contribution is 6.04. The van der Waals surface area contributed by atoms with Gasteiger partial charge >= 0.3 is 0 Å². The lowest BCUT2D eigenvalue weighted by atomic mass is 10.2. The minimum Gasteiger partial charge on any atom is -0.458 e. The zero-order chi connectivity index (χ0) is 12.3. The lowest BCUT2D eigenvalue weighted by molar-refractivity contribution is 0.0994. The summed E-state index contributed by atoms with van der Waals surface area (Å²) in [6.07, 6.45) is 5.61. The fraction of sp³-hybridized carbons (Fsp3) is 0.385. The van der Waals surface area contributed by atoms with Crippen molar-refractivity contribution < 1.29 is 9.21 Å². The van der Waals surface area contributed by atoms with Gasteiger partial charge in [-0.05, 0) is 25.5 Å². The minimum atomic E-state index is -0.154. The first-order valence-electron chi connectivity index (χ1n) is 5.84. The first-order chi connectivity index (χ1) is 8.22. The van der Waals surface area contributed by atoms with Crippen LogP contribution in [0.5, 0.6) is 0 Å². The van der Waals surface area contributed by atoms with Gasteiger partial charge < -0.3 is 8.98 Å². The largest absolute Gasteiger partial charge is 0.458 e. The third kappa shape index (κ3) is 2.46. The summed E-state index contributed by atoms with van der Waals surface area (Å²) in [6.45, 7) is 4.76. The molecule has 4 nitrogen and oxygen atoms in total. The number of hydrogen-bond donors (Lipinski definition) is 0. The normalized spacial score (nSPS) is 10.7. The van der Waals surface area contributed by atoms with Gasteiger partial charge in [0, 0.05) is 18.9 Å². The number of carbonyl (C=O) groups is 1. The highest BCUT2D eigenvalue weighted by Gasteiger charge is 2.17. The first-order valence-corrected chi connectivity index (χ1v) is 5.84. The van der Waals surface area contributed by atoms with Gasteiger partial charge in [-0.15, -0.1) is 0 Å². The van der Waals surface area contributed by atoms with E-state index in [0.29, 0.717) is 11.6 Å². The van der Waals surface area contributed by atoms with Crippen molar-refractivity contribution in [1.29, 1.82) is 0 Å². The monoisotopic (exact) mass is 232 g/mol. The van der Waals surface area contributed by atoms with E-state index in [1.54, 1.807) is 18.3 Å². The molecule has 0 bridgehead atoms. The molecule has 0 atom stereocenters.